The normalized spacial score (nSPS) is 14.3. The van der Waals surface area contributed by atoms with Crippen LogP contribution in [0.2, 0.25) is 0 Å². The van der Waals surface area contributed by atoms with Crippen molar-refractivity contribution in [3.05, 3.63) is 39.9 Å². The third kappa shape index (κ3) is 3.53. The average molecular weight is 407 g/mol. The first kappa shape index (κ1) is 19.7. The van der Waals surface area contributed by atoms with Gasteiger partial charge in [0.05, 0.1) is 12.2 Å². The van der Waals surface area contributed by atoms with Crippen LogP contribution < -0.4 is 15.1 Å². The summed E-state index contributed by atoms with van der Waals surface area (Å²) < 4.78 is 84.0. The summed E-state index contributed by atoms with van der Waals surface area (Å²) in [6.07, 6.45) is -7.76. The van der Waals surface area contributed by atoms with E-state index in [2.05, 4.69) is 5.10 Å². The molecule has 2 aromatic rings. The lowest BCUT2D eigenvalue weighted by atomic mass is 10.1. The highest BCUT2D eigenvalue weighted by Gasteiger charge is 2.35. The van der Waals surface area contributed by atoms with Gasteiger partial charge in [0.1, 0.15) is 23.0 Å². The zero-order valence-corrected chi connectivity index (χ0v) is 14.1. The SMILES string of the molecule is Cn1nc(-c2cc3c(cc2F)OCC(=O)N3CC(F)F)c(=O)cc1C(F)(F)F. The van der Waals surface area contributed by atoms with Gasteiger partial charge >= 0.3 is 6.18 Å². The van der Waals surface area contributed by atoms with E-state index in [1.165, 1.54) is 0 Å². The van der Waals surface area contributed by atoms with Crippen LogP contribution in [0.4, 0.5) is 32.0 Å². The van der Waals surface area contributed by atoms with Gasteiger partial charge in [0.25, 0.3) is 12.3 Å². The van der Waals surface area contributed by atoms with Crippen molar-refractivity contribution in [2.24, 2.45) is 7.05 Å². The highest BCUT2D eigenvalue weighted by atomic mass is 19.4. The summed E-state index contributed by atoms with van der Waals surface area (Å²) in [5.74, 6) is -2.11. The molecular weight excluding hydrogens is 396 g/mol. The molecule has 0 bridgehead atoms. The number of benzene rings is 1. The van der Waals surface area contributed by atoms with Crippen LogP contribution in [-0.4, -0.2) is 35.3 Å². The molecule has 1 aliphatic heterocycles. The van der Waals surface area contributed by atoms with E-state index in [1.807, 2.05) is 0 Å². The van der Waals surface area contributed by atoms with Crippen LogP contribution in [0.1, 0.15) is 5.69 Å². The van der Waals surface area contributed by atoms with E-state index in [1.54, 1.807) is 0 Å². The highest BCUT2D eigenvalue weighted by molar-refractivity contribution is 5.98. The third-order valence-electron chi connectivity index (χ3n) is 3.96. The summed E-state index contributed by atoms with van der Waals surface area (Å²) >= 11 is 0. The minimum atomic E-state index is -4.86. The predicted octanol–water partition coefficient (Wildman–Crippen LogP) is 2.60. The first-order chi connectivity index (χ1) is 13.0. The molecule has 0 aliphatic carbocycles. The fourth-order valence-electron chi connectivity index (χ4n) is 2.73. The van der Waals surface area contributed by atoms with Crippen LogP contribution >= 0.6 is 0 Å². The van der Waals surface area contributed by atoms with Gasteiger partial charge in [-0.2, -0.15) is 18.3 Å². The number of aryl methyl sites for hydroxylation is 1. The number of aromatic nitrogens is 2. The molecule has 0 spiro atoms. The number of fused-ring (bicyclic) bond motifs is 1. The quantitative estimate of drug-likeness (QED) is 0.734. The molecule has 1 aromatic heterocycles. The lowest BCUT2D eigenvalue weighted by molar-refractivity contribution is -0.144. The lowest BCUT2D eigenvalue weighted by Crippen LogP contribution is -2.41. The second kappa shape index (κ2) is 6.84. The highest BCUT2D eigenvalue weighted by Crippen LogP contribution is 2.37. The number of ether oxygens (including phenoxy) is 1. The molecule has 0 atom stereocenters. The Labute approximate surface area is 152 Å². The topological polar surface area (TPSA) is 64.4 Å². The van der Waals surface area contributed by atoms with Crippen molar-refractivity contribution in [1.82, 2.24) is 9.78 Å². The van der Waals surface area contributed by atoms with Crippen molar-refractivity contribution in [2.45, 2.75) is 12.6 Å². The molecule has 0 unspecified atom stereocenters. The molecule has 0 saturated heterocycles. The molecule has 0 saturated carbocycles. The third-order valence-corrected chi connectivity index (χ3v) is 3.96. The summed E-state index contributed by atoms with van der Waals surface area (Å²) in [6.45, 7) is -1.59. The molecule has 1 aliphatic rings. The van der Waals surface area contributed by atoms with Crippen LogP contribution in [0.3, 0.4) is 0 Å². The maximum Gasteiger partial charge on any atom is 0.433 e. The van der Waals surface area contributed by atoms with Crippen molar-refractivity contribution in [2.75, 3.05) is 18.1 Å². The van der Waals surface area contributed by atoms with Gasteiger partial charge < -0.3 is 9.64 Å². The molecule has 1 amide bonds. The van der Waals surface area contributed by atoms with E-state index < -0.39 is 59.9 Å². The first-order valence-corrected chi connectivity index (χ1v) is 7.70. The Balaban J connectivity index is 2.17. The summed E-state index contributed by atoms with van der Waals surface area (Å²) in [5.41, 5.74) is -4.04. The molecule has 0 radical (unpaired) electrons. The monoisotopic (exact) mass is 407 g/mol. The molecule has 28 heavy (non-hydrogen) atoms. The molecule has 150 valence electrons. The Kier molecular flexibility index (Phi) is 4.81. The summed E-state index contributed by atoms with van der Waals surface area (Å²) in [4.78, 5) is 24.6. The number of carbonyl (C=O) groups is 1. The molecule has 3 rings (SSSR count). The standard InChI is InChI=1S/C16H11F6N3O3/c1-24-12(16(20,21)22)4-10(26)15(23-24)7-2-9-11(3-8(7)17)28-6-14(27)25(9)5-13(18)19/h2-4,13H,5-6H2,1H3. The molecular formula is C16H11F6N3O3. The van der Waals surface area contributed by atoms with E-state index in [0.29, 0.717) is 9.58 Å². The van der Waals surface area contributed by atoms with E-state index >= 15 is 0 Å². The van der Waals surface area contributed by atoms with Gasteiger partial charge in [-0.3, -0.25) is 14.3 Å². The molecule has 0 N–H and O–H groups in total. The second-order valence-electron chi connectivity index (χ2n) is 5.85. The second-order valence-corrected chi connectivity index (χ2v) is 5.85. The number of amides is 1. The number of hydrogen-bond donors (Lipinski definition) is 0. The van der Waals surface area contributed by atoms with Crippen molar-refractivity contribution < 1.29 is 35.9 Å². The van der Waals surface area contributed by atoms with Gasteiger partial charge in [-0.1, -0.05) is 0 Å². The Bertz CT molecular complexity index is 1000. The van der Waals surface area contributed by atoms with E-state index in [4.69, 9.17) is 4.74 Å². The van der Waals surface area contributed by atoms with Gasteiger partial charge in [-0.05, 0) is 6.07 Å². The summed E-state index contributed by atoms with van der Waals surface area (Å²) in [7, 11) is 0.914. The Hall–Kier alpha value is -3.05. The van der Waals surface area contributed by atoms with Gasteiger partial charge in [0.15, 0.2) is 6.61 Å². The number of hydrogen-bond acceptors (Lipinski definition) is 4. The zero-order chi connectivity index (χ0) is 20.8. The van der Waals surface area contributed by atoms with Gasteiger partial charge in [-0.25, -0.2) is 13.2 Å². The number of rotatable bonds is 3. The van der Waals surface area contributed by atoms with Crippen LogP contribution in [0.15, 0.2) is 23.0 Å². The van der Waals surface area contributed by atoms with Crippen molar-refractivity contribution in [1.29, 1.82) is 0 Å². The lowest BCUT2D eigenvalue weighted by Gasteiger charge is -2.29. The maximum absolute atomic E-state index is 14.5. The largest absolute Gasteiger partial charge is 0.481 e. The predicted molar refractivity (Wildman–Crippen MR) is 83.7 cm³/mol. The maximum atomic E-state index is 14.5. The minimum Gasteiger partial charge on any atom is -0.481 e. The van der Waals surface area contributed by atoms with E-state index in [9.17, 15) is 35.9 Å². The van der Waals surface area contributed by atoms with Crippen molar-refractivity contribution >= 4 is 11.6 Å². The molecule has 6 nitrogen and oxygen atoms in total. The van der Waals surface area contributed by atoms with Gasteiger partial charge in [-0.15, -0.1) is 0 Å². The number of anilines is 1. The zero-order valence-electron chi connectivity index (χ0n) is 14.1. The Morgan fingerprint density at radius 1 is 1.21 bits per heavy atom. The van der Waals surface area contributed by atoms with E-state index in [0.717, 1.165) is 19.2 Å². The minimum absolute atomic E-state index is 0.217. The number of nitrogens with zero attached hydrogens (tertiary/aromatic N) is 3. The average Bonchev–Trinajstić information content (AvgIpc) is 2.58. The summed E-state index contributed by atoms with van der Waals surface area (Å²) in [5, 5.41) is 3.48. The molecule has 0 fully saturated rings. The Morgan fingerprint density at radius 3 is 2.50 bits per heavy atom. The van der Waals surface area contributed by atoms with E-state index in [-0.39, 0.29) is 17.5 Å². The molecule has 2 heterocycles. The number of halogens is 6. The number of carbonyl (C=O) groups excluding carboxylic acids is 1. The first-order valence-electron chi connectivity index (χ1n) is 7.70. The van der Waals surface area contributed by atoms with Crippen molar-refractivity contribution in [3.63, 3.8) is 0 Å². The van der Waals surface area contributed by atoms with Gasteiger partial charge in [0.2, 0.25) is 5.43 Å². The fourth-order valence-corrected chi connectivity index (χ4v) is 2.73. The Morgan fingerprint density at radius 2 is 1.89 bits per heavy atom. The van der Waals surface area contributed by atoms with Crippen LogP contribution in [-0.2, 0) is 18.0 Å². The van der Waals surface area contributed by atoms with Gasteiger partial charge in [0, 0.05) is 24.7 Å². The fraction of sp³-hybridized carbons (Fsp3) is 0.312. The van der Waals surface area contributed by atoms with Crippen molar-refractivity contribution in [3.8, 4) is 17.0 Å². The smallest absolute Gasteiger partial charge is 0.433 e. The van der Waals surface area contributed by atoms with Crippen LogP contribution in [0.5, 0.6) is 5.75 Å². The summed E-state index contributed by atoms with van der Waals surface area (Å²) in [6, 6.07) is 1.88. The van der Waals surface area contributed by atoms with Crippen LogP contribution in [0, 0.1) is 5.82 Å². The molecule has 1 aromatic carbocycles. The van der Waals surface area contributed by atoms with Crippen LogP contribution in [0.25, 0.3) is 11.3 Å². The number of alkyl halides is 5. The molecule has 12 heteroatoms.